The molecule has 2 atom stereocenters. The summed E-state index contributed by atoms with van der Waals surface area (Å²) in [5.74, 6) is -1.66. The van der Waals surface area contributed by atoms with Gasteiger partial charge in [0.2, 0.25) is 5.76 Å². The lowest BCUT2D eigenvalue weighted by Gasteiger charge is -2.33. The maximum atomic E-state index is 12.7. The highest BCUT2D eigenvalue weighted by Gasteiger charge is 2.43. The first kappa shape index (κ1) is 19.7. The lowest BCUT2D eigenvalue weighted by atomic mass is 9.98. The first-order valence-electron chi connectivity index (χ1n) is 9.28. The van der Waals surface area contributed by atoms with Crippen molar-refractivity contribution >= 4 is 17.6 Å². The van der Waals surface area contributed by atoms with Crippen LogP contribution in [-0.4, -0.2) is 42.8 Å². The maximum absolute atomic E-state index is 12.7. The molecule has 9 nitrogen and oxygen atoms in total. The van der Waals surface area contributed by atoms with Gasteiger partial charge in [-0.1, -0.05) is 6.07 Å². The van der Waals surface area contributed by atoms with Gasteiger partial charge in [-0.15, -0.1) is 0 Å². The first-order chi connectivity index (χ1) is 14.5. The normalized spacial score (nSPS) is 17.7. The molecule has 0 aromatic carbocycles. The van der Waals surface area contributed by atoms with Gasteiger partial charge in [0.05, 0.1) is 31.7 Å². The monoisotopic (exact) mass is 412 g/mol. The summed E-state index contributed by atoms with van der Waals surface area (Å²) < 4.78 is 20.9. The number of hydrogen-bond acceptors (Lipinski definition) is 9. The van der Waals surface area contributed by atoms with E-state index in [-0.39, 0.29) is 17.1 Å². The van der Waals surface area contributed by atoms with Crippen LogP contribution in [-0.2, 0) is 9.47 Å². The fourth-order valence-electron chi connectivity index (χ4n) is 3.83. The van der Waals surface area contributed by atoms with E-state index in [9.17, 15) is 14.7 Å². The number of carbonyl (C=O) groups is 2. The summed E-state index contributed by atoms with van der Waals surface area (Å²) in [7, 11) is 2.41. The van der Waals surface area contributed by atoms with Gasteiger partial charge in [0, 0.05) is 18.3 Å². The molecule has 0 saturated carbocycles. The average Bonchev–Trinajstić information content (AvgIpc) is 3.39. The Morgan fingerprint density at radius 2 is 1.97 bits per heavy atom. The predicted octanol–water partition coefficient (Wildman–Crippen LogP) is 3.12. The van der Waals surface area contributed by atoms with Crippen LogP contribution in [0.4, 0.5) is 5.69 Å². The van der Waals surface area contributed by atoms with Gasteiger partial charge in [-0.25, -0.2) is 9.59 Å². The number of aliphatic hydroxyl groups is 1. The number of aliphatic hydroxyl groups excluding tert-OH is 1. The van der Waals surface area contributed by atoms with Gasteiger partial charge in [-0.2, -0.15) is 0 Å². The van der Waals surface area contributed by atoms with Crippen molar-refractivity contribution < 1.29 is 33.0 Å². The van der Waals surface area contributed by atoms with Crippen LogP contribution >= 0.6 is 0 Å². The summed E-state index contributed by atoms with van der Waals surface area (Å²) >= 11 is 0. The van der Waals surface area contributed by atoms with E-state index in [1.165, 1.54) is 26.7 Å². The van der Waals surface area contributed by atoms with Crippen LogP contribution in [0.25, 0.3) is 11.3 Å². The summed E-state index contributed by atoms with van der Waals surface area (Å²) in [4.78, 5) is 31.3. The Kier molecular flexibility index (Phi) is 5.04. The number of hydrogen-bond donors (Lipinski definition) is 1. The zero-order valence-corrected chi connectivity index (χ0v) is 16.6. The fourth-order valence-corrected chi connectivity index (χ4v) is 3.83. The third kappa shape index (κ3) is 2.86. The van der Waals surface area contributed by atoms with Crippen molar-refractivity contribution in [2.75, 3.05) is 25.7 Å². The molecule has 0 bridgehead atoms. The van der Waals surface area contributed by atoms with Crippen molar-refractivity contribution in [3.05, 3.63) is 59.5 Å². The Bertz CT molecular complexity index is 1090. The van der Waals surface area contributed by atoms with Gasteiger partial charge in [0.15, 0.2) is 5.76 Å². The molecule has 0 saturated heterocycles. The smallest absolute Gasteiger partial charge is 0.374 e. The molecule has 0 amide bonds. The topological polar surface area (TPSA) is 115 Å². The third-order valence-electron chi connectivity index (χ3n) is 5.15. The molecule has 4 heterocycles. The minimum Gasteiger partial charge on any atom is -0.471 e. The number of esters is 2. The summed E-state index contributed by atoms with van der Waals surface area (Å²) in [6.07, 6.45) is 3.40. The molecule has 0 fully saturated rings. The molecule has 3 aromatic heterocycles. The van der Waals surface area contributed by atoms with E-state index >= 15 is 0 Å². The van der Waals surface area contributed by atoms with E-state index in [2.05, 4.69) is 4.98 Å². The Balaban J connectivity index is 2.07. The van der Waals surface area contributed by atoms with Crippen molar-refractivity contribution in [2.24, 2.45) is 0 Å². The SMILES string of the molecule is CCN1c2c(oc(C(=O)OC)c2C(=O)OC)-c2cocc2[C@@H](O)[C@H]1c1ccccn1. The molecular formula is C21H20N2O7. The molecule has 3 aromatic rings. The van der Waals surface area contributed by atoms with Crippen LogP contribution in [0.5, 0.6) is 0 Å². The van der Waals surface area contributed by atoms with Gasteiger partial charge in [-0.3, -0.25) is 4.98 Å². The number of anilines is 1. The molecule has 1 aliphatic rings. The number of rotatable bonds is 4. The van der Waals surface area contributed by atoms with E-state index in [0.717, 1.165) is 0 Å². The summed E-state index contributed by atoms with van der Waals surface area (Å²) in [6.45, 7) is 2.23. The molecule has 0 aliphatic carbocycles. The minimum absolute atomic E-state index is 0.0802. The summed E-state index contributed by atoms with van der Waals surface area (Å²) in [5, 5.41) is 11.3. The molecule has 4 rings (SSSR count). The van der Waals surface area contributed by atoms with E-state index in [1.54, 1.807) is 29.3 Å². The van der Waals surface area contributed by atoms with Crippen molar-refractivity contribution in [3.63, 3.8) is 0 Å². The number of furan rings is 2. The third-order valence-corrected chi connectivity index (χ3v) is 5.15. The van der Waals surface area contributed by atoms with E-state index in [1.807, 2.05) is 6.92 Å². The zero-order chi connectivity index (χ0) is 21.4. The van der Waals surface area contributed by atoms with Crippen molar-refractivity contribution in [3.8, 4) is 11.3 Å². The standard InChI is InChI=1S/C21H20N2O7/c1-4-23-15(13-7-5-6-8-22-13)17(24)11-9-29-10-12(11)18-16(23)14(20(25)27-2)19(30-18)21(26)28-3/h5-10,15,17,24H,4H2,1-3H3/t15-,17-/m1/s1. The second-order valence-corrected chi connectivity index (χ2v) is 6.64. The average molecular weight is 412 g/mol. The van der Waals surface area contributed by atoms with Crippen LogP contribution < -0.4 is 4.90 Å². The number of likely N-dealkylation sites (N-methyl/N-ethyl adjacent to an activating group) is 1. The van der Waals surface area contributed by atoms with Gasteiger partial charge in [0.25, 0.3) is 0 Å². The van der Waals surface area contributed by atoms with Crippen molar-refractivity contribution in [1.82, 2.24) is 4.98 Å². The number of nitrogens with zero attached hydrogens (tertiary/aromatic N) is 2. The summed E-state index contributed by atoms with van der Waals surface area (Å²) in [6, 6.07) is 4.67. The van der Waals surface area contributed by atoms with E-state index < -0.39 is 24.1 Å². The Morgan fingerprint density at radius 3 is 2.60 bits per heavy atom. The van der Waals surface area contributed by atoms with Crippen LogP contribution in [0.2, 0.25) is 0 Å². The zero-order valence-electron chi connectivity index (χ0n) is 16.6. The van der Waals surface area contributed by atoms with Gasteiger partial charge in [-0.05, 0) is 19.1 Å². The number of pyridine rings is 1. The van der Waals surface area contributed by atoms with Gasteiger partial charge >= 0.3 is 11.9 Å². The molecule has 1 aliphatic heterocycles. The fraction of sp³-hybridized carbons (Fsp3) is 0.286. The van der Waals surface area contributed by atoms with Crippen LogP contribution in [0.1, 0.15) is 51.2 Å². The molecule has 1 N–H and O–H groups in total. The van der Waals surface area contributed by atoms with Gasteiger partial charge in [0.1, 0.15) is 29.7 Å². The second-order valence-electron chi connectivity index (χ2n) is 6.64. The number of aromatic nitrogens is 1. The molecule has 156 valence electrons. The highest BCUT2D eigenvalue weighted by molar-refractivity contribution is 6.09. The van der Waals surface area contributed by atoms with Crippen molar-refractivity contribution in [2.45, 2.75) is 19.1 Å². The maximum Gasteiger partial charge on any atom is 0.374 e. The lowest BCUT2D eigenvalue weighted by molar-refractivity contribution is 0.0529. The molecule has 30 heavy (non-hydrogen) atoms. The van der Waals surface area contributed by atoms with Crippen molar-refractivity contribution in [1.29, 1.82) is 0 Å². The highest BCUT2D eigenvalue weighted by atomic mass is 16.5. The van der Waals surface area contributed by atoms with E-state index in [0.29, 0.717) is 29.1 Å². The van der Waals surface area contributed by atoms with Crippen LogP contribution in [0.3, 0.4) is 0 Å². The number of fused-ring (bicyclic) bond motifs is 3. The van der Waals surface area contributed by atoms with Gasteiger partial charge < -0.3 is 28.3 Å². The second kappa shape index (κ2) is 7.68. The van der Waals surface area contributed by atoms with Crippen LogP contribution in [0, 0.1) is 0 Å². The number of ether oxygens (including phenoxy) is 2. The molecule has 0 spiro atoms. The highest BCUT2D eigenvalue weighted by Crippen LogP contribution is 2.51. The molecule has 0 unspecified atom stereocenters. The van der Waals surface area contributed by atoms with E-state index in [4.69, 9.17) is 18.3 Å². The largest absolute Gasteiger partial charge is 0.471 e. The molecule has 0 radical (unpaired) electrons. The number of methoxy groups -OCH3 is 2. The quantitative estimate of drug-likeness (QED) is 0.645. The van der Waals surface area contributed by atoms with Crippen LogP contribution in [0.15, 0.2) is 45.8 Å². The summed E-state index contributed by atoms with van der Waals surface area (Å²) in [5.41, 5.74) is 1.67. The Hall–Kier alpha value is -3.59. The molecule has 9 heteroatoms. The Morgan fingerprint density at radius 1 is 1.20 bits per heavy atom. The lowest BCUT2D eigenvalue weighted by Crippen LogP contribution is -2.33. The predicted molar refractivity (Wildman–Crippen MR) is 104 cm³/mol. The Labute approximate surface area is 171 Å². The molecular weight excluding hydrogens is 392 g/mol. The number of carbonyl (C=O) groups excluding carboxylic acids is 2. The minimum atomic E-state index is -1.04. The first-order valence-corrected chi connectivity index (χ1v) is 9.28.